The van der Waals surface area contributed by atoms with Gasteiger partial charge in [-0.05, 0) is 17.2 Å². The lowest BCUT2D eigenvalue weighted by Crippen LogP contribution is -2.49. The van der Waals surface area contributed by atoms with Crippen molar-refractivity contribution < 1.29 is 19.4 Å². The number of carboxylic acid groups (broad SMARTS) is 1. The molecule has 0 saturated heterocycles. The molecule has 0 saturated carbocycles. The first kappa shape index (κ1) is 14.1. The standard InChI is InChI=1S/C17H15NO4/c19-16(20)15-10-13-8-4-5-9-14(13)18(15)17(21)22-11-12-6-2-1-3-7-12/h1-9,15H,10-11H2,(H,19,20)/p-1. The summed E-state index contributed by atoms with van der Waals surface area (Å²) >= 11 is 0. The van der Waals surface area contributed by atoms with Gasteiger partial charge in [0.2, 0.25) is 0 Å². The molecule has 1 amide bonds. The minimum absolute atomic E-state index is 0.0953. The zero-order valence-corrected chi connectivity index (χ0v) is 11.8. The summed E-state index contributed by atoms with van der Waals surface area (Å²) in [6.45, 7) is 0.0953. The van der Waals surface area contributed by atoms with E-state index < -0.39 is 18.1 Å². The van der Waals surface area contributed by atoms with E-state index in [1.165, 1.54) is 0 Å². The van der Waals surface area contributed by atoms with Crippen LogP contribution in [-0.2, 0) is 22.6 Å². The van der Waals surface area contributed by atoms with Gasteiger partial charge in [-0.2, -0.15) is 0 Å². The van der Waals surface area contributed by atoms with Crippen molar-refractivity contribution in [2.24, 2.45) is 0 Å². The summed E-state index contributed by atoms with van der Waals surface area (Å²) in [4.78, 5) is 24.8. The van der Waals surface area contributed by atoms with Crippen LogP contribution in [0.3, 0.4) is 0 Å². The van der Waals surface area contributed by atoms with E-state index in [0.29, 0.717) is 5.69 Å². The van der Waals surface area contributed by atoms with Crippen molar-refractivity contribution in [2.45, 2.75) is 19.1 Å². The minimum Gasteiger partial charge on any atom is -0.548 e. The molecule has 5 nitrogen and oxygen atoms in total. The van der Waals surface area contributed by atoms with Crippen molar-refractivity contribution in [3.63, 3.8) is 0 Å². The third kappa shape index (κ3) is 2.65. The lowest BCUT2D eigenvalue weighted by atomic mass is 10.1. The third-order valence-corrected chi connectivity index (χ3v) is 3.65. The molecule has 22 heavy (non-hydrogen) atoms. The summed E-state index contributed by atoms with van der Waals surface area (Å²) in [5.41, 5.74) is 2.21. The molecule has 0 N–H and O–H groups in total. The Labute approximate surface area is 127 Å². The fourth-order valence-corrected chi connectivity index (χ4v) is 2.59. The van der Waals surface area contributed by atoms with E-state index in [1.54, 1.807) is 18.2 Å². The fraction of sp³-hybridized carbons (Fsp3) is 0.176. The number of aliphatic carboxylic acids is 1. The minimum atomic E-state index is -1.28. The molecule has 0 aromatic heterocycles. The van der Waals surface area contributed by atoms with Crippen molar-refractivity contribution >= 4 is 17.7 Å². The summed E-state index contributed by atoms with van der Waals surface area (Å²) in [5.74, 6) is -1.28. The predicted octanol–water partition coefficient (Wildman–Crippen LogP) is 1.50. The molecule has 1 unspecified atom stereocenters. The van der Waals surface area contributed by atoms with Gasteiger partial charge in [-0.15, -0.1) is 0 Å². The number of carbonyl (C=O) groups excluding carboxylic acids is 2. The van der Waals surface area contributed by atoms with Gasteiger partial charge in [0.1, 0.15) is 6.61 Å². The van der Waals surface area contributed by atoms with E-state index in [9.17, 15) is 14.7 Å². The van der Waals surface area contributed by atoms with E-state index in [4.69, 9.17) is 4.74 Å². The number of hydrogen-bond acceptors (Lipinski definition) is 4. The molecule has 0 aliphatic carbocycles. The molecule has 1 aliphatic rings. The lowest BCUT2D eigenvalue weighted by Gasteiger charge is -2.25. The van der Waals surface area contributed by atoms with Crippen LogP contribution in [0.4, 0.5) is 10.5 Å². The molecular formula is C17H14NO4-. The Bertz CT molecular complexity index is 699. The Morgan fingerprint density at radius 3 is 2.50 bits per heavy atom. The van der Waals surface area contributed by atoms with Gasteiger partial charge in [0.15, 0.2) is 0 Å². The zero-order valence-electron chi connectivity index (χ0n) is 11.8. The van der Waals surface area contributed by atoms with Crippen LogP contribution < -0.4 is 10.0 Å². The van der Waals surface area contributed by atoms with Gasteiger partial charge >= 0.3 is 6.09 Å². The second-order valence-corrected chi connectivity index (χ2v) is 5.08. The normalized spacial score (nSPS) is 16.2. The molecule has 1 heterocycles. The Hall–Kier alpha value is -2.82. The summed E-state index contributed by atoms with van der Waals surface area (Å²) in [7, 11) is 0. The Morgan fingerprint density at radius 2 is 1.77 bits per heavy atom. The average Bonchev–Trinajstić information content (AvgIpc) is 2.93. The maximum Gasteiger partial charge on any atom is 0.415 e. The van der Waals surface area contributed by atoms with Gasteiger partial charge in [-0.1, -0.05) is 48.5 Å². The highest BCUT2D eigenvalue weighted by Gasteiger charge is 2.35. The van der Waals surface area contributed by atoms with Gasteiger partial charge in [0.05, 0.1) is 17.7 Å². The van der Waals surface area contributed by atoms with Crippen LogP contribution >= 0.6 is 0 Å². The van der Waals surface area contributed by atoms with Crippen LogP contribution in [0.5, 0.6) is 0 Å². The van der Waals surface area contributed by atoms with E-state index in [2.05, 4.69) is 0 Å². The molecule has 0 radical (unpaired) electrons. The van der Waals surface area contributed by atoms with Crippen molar-refractivity contribution in [1.82, 2.24) is 0 Å². The molecular weight excluding hydrogens is 282 g/mol. The maximum atomic E-state index is 12.3. The van der Waals surface area contributed by atoms with Crippen LogP contribution in [0.2, 0.25) is 0 Å². The number of hydrogen-bond donors (Lipinski definition) is 0. The monoisotopic (exact) mass is 296 g/mol. The van der Waals surface area contributed by atoms with E-state index in [0.717, 1.165) is 16.0 Å². The number of carbonyl (C=O) groups is 2. The lowest BCUT2D eigenvalue weighted by molar-refractivity contribution is -0.307. The SMILES string of the molecule is O=C([O-])C1Cc2ccccc2N1C(=O)OCc1ccccc1. The maximum absolute atomic E-state index is 12.3. The number of fused-ring (bicyclic) bond motifs is 1. The highest BCUT2D eigenvalue weighted by atomic mass is 16.6. The molecule has 0 bridgehead atoms. The predicted molar refractivity (Wildman–Crippen MR) is 78.0 cm³/mol. The molecule has 0 fully saturated rings. The van der Waals surface area contributed by atoms with Crippen LogP contribution in [0.25, 0.3) is 0 Å². The number of nitrogens with zero attached hydrogens (tertiary/aromatic N) is 1. The number of amides is 1. The molecule has 0 spiro atoms. The first-order valence-corrected chi connectivity index (χ1v) is 6.95. The first-order valence-electron chi connectivity index (χ1n) is 6.95. The van der Waals surface area contributed by atoms with Crippen LogP contribution in [-0.4, -0.2) is 18.1 Å². The van der Waals surface area contributed by atoms with Crippen LogP contribution in [0.15, 0.2) is 54.6 Å². The zero-order chi connectivity index (χ0) is 15.5. The molecule has 5 heteroatoms. The molecule has 3 rings (SSSR count). The van der Waals surface area contributed by atoms with Crippen LogP contribution in [0, 0.1) is 0 Å². The van der Waals surface area contributed by atoms with E-state index >= 15 is 0 Å². The number of para-hydroxylation sites is 1. The van der Waals surface area contributed by atoms with Gasteiger partial charge in [-0.3, -0.25) is 4.90 Å². The molecule has 2 aromatic carbocycles. The Morgan fingerprint density at radius 1 is 1.09 bits per heavy atom. The fourth-order valence-electron chi connectivity index (χ4n) is 2.59. The number of carboxylic acids is 1. The largest absolute Gasteiger partial charge is 0.548 e. The van der Waals surface area contributed by atoms with Gasteiger partial charge in [0.25, 0.3) is 0 Å². The van der Waals surface area contributed by atoms with Gasteiger partial charge in [-0.25, -0.2) is 4.79 Å². The van der Waals surface area contributed by atoms with Crippen molar-refractivity contribution in [2.75, 3.05) is 4.90 Å². The molecule has 1 aliphatic heterocycles. The van der Waals surface area contributed by atoms with Gasteiger partial charge in [0, 0.05) is 6.42 Å². The van der Waals surface area contributed by atoms with Crippen molar-refractivity contribution in [3.8, 4) is 0 Å². The molecule has 1 atom stereocenters. The van der Waals surface area contributed by atoms with Crippen LogP contribution in [0.1, 0.15) is 11.1 Å². The Kier molecular flexibility index (Phi) is 3.78. The van der Waals surface area contributed by atoms with Crippen molar-refractivity contribution in [3.05, 3.63) is 65.7 Å². The summed E-state index contributed by atoms with van der Waals surface area (Å²) in [6, 6.07) is 15.3. The summed E-state index contributed by atoms with van der Waals surface area (Å²) < 4.78 is 5.25. The number of anilines is 1. The first-order chi connectivity index (χ1) is 10.7. The second-order valence-electron chi connectivity index (χ2n) is 5.08. The summed E-state index contributed by atoms with van der Waals surface area (Å²) in [6.07, 6.45) is -0.443. The average molecular weight is 296 g/mol. The highest BCUT2D eigenvalue weighted by Crippen LogP contribution is 2.32. The van der Waals surface area contributed by atoms with Gasteiger partial charge < -0.3 is 14.6 Å². The molecule has 112 valence electrons. The quantitative estimate of drug-likeness (QED) is 0.860. The van der Waals surface area contributed by atoms with E-state index in [1.807, 2.05) is 36.4 Å². The smallest absolute Gasteiger partial charge is 0.415 e. The summed E-state index contributed by atoms with van der Waals surface area (Å²) in [5, 5.41) is 11.3. The highest BCUT2D eigenvalue weighted by molar-refractivity contribution is 5.97. The second kappa shape index (κ2) is 5.89. The molecule has 2 aromatic rings. The number of ether oxygens (including phenoxy) is 1. The number of benzene rings is 2. The van der Waals surface area contributed by atoms with E-state index in [-0.39, 0.29) is 13.0 Å². The van der Waals surface area contributed by atoms with Crippen molar-refractivity contribution in [1.29, 1.82) is 0 Å². The Balaban J connectivity index is 1.78. The third-order valence-electron chi connectivity index (χ3n) is 3.65. The topological polar surface area (TPSA) is 69.7 Å². The number of rotatable bonds is 3.